The summed E-state index contributed by atoms with van der Waals surface area (Å²) >= 11 is 7.23. The number of nitrogens with zero attached hydrogens (tertiary/aromatic N) is 1. The second-order valence-corrected chi connectivity index (χ2v) is 5.36. The molecule has 0 aliphatic rings. The largest absolute Gasteiger partial charge is 0.497 e. The predicted molar refractivity (Wildman–Crippen MR) is 79.9 cm³/mol. The topological polar surface area (TPSA) is 67.0 Å². The van der Waals surface area contributed by atoms with Crippen LogP contribution >= 0.6 is 22.9 Å². The van der Waals surface area contributed by atoms with Crippen LogP contribution < -0.4 is 10.1 Å². The van der Waals surface area contributed by atoms with Crippen LogP contribution in [-0.4, -0.2) is 23.2 Å². The van der Waals surface area contributed by atoms with E-state index in [1.165, 1.54) is 11.3 Å². The van der Waals surface area contributed by atoms with Crippen molar-refractivity contribution in [3.05, 3.63) is 39.5 Å². The van der Waals surface area contributed by atoms with Crippen LogP contribution in [0.5, 0.6) is 5.75 Å². The Morgan fingerprint density at radius 1 is 1.45 bits per heavy atom. The molecule has 3 rings (SSSR count). The minimum atomic E-state index is -0.277. The number of anilines is 1. The van der Waals surface area contributed by atoms with Gasteiger partial charge in [0.1, 0.15) is 10.6 Å². The lowest BCUT2D eigenvalue weighted by Gasteiger charge is -2.02. The molecule has 3 aromatic rings. The maximum Gasteiger partial charge on any atom is 0.268 e. The lowest BCUT2D eigenvalue weighted by Crippen LogP contribution is -2.11. The van der Waals surface area contributed by atoms with E-state index in [1.807, 2.05) is 18.2 Å². The highest BCUT2D eigenvalue weighted by Crippen LogP contribution is 2.27. The molecule has 0 fully saturated rings. The fourth-order valence-corrected chi connectivity index (χ4v) is 2.87. The van der Waals surface area contributed by atoms with Crippen LogP contribution in [0.15, 0.2) is 29.6 Å². The summed E-state index contributed by atoms with van der Waals surface area (Å²) in [5.41, 5.74) is 0.818. The summed E-state index contributed by atoms with van der Waals surface area (Å²) in [5.74, 6) is 0.873. The maximum absolute atomic E-state index is 12.1. The average molecular weight is 308 g/mol. The number of aromatic nitrogens is 2. The normalized spacial score (nSPS) is 10.7. The number of methoxy groups -OCH3 is 1. The molecule has 2 aromatic heterocycles. The first-order chi connectivity index (χ1) is 9.69. The van der Waals surface area contributed by atoms with E-state index in [1.54, 1.807) is 18.6 Å². The number of thiophene rings is 1. The third-order valence-corrected chi connectivity index (χ3v) is 4.17. The summed E-state index contributed by atoms with van der Waals surface area (Å²) in [4.78, 5) is 12.6. The standard InChI is InChI=1S/C13H10ClN3O2S/c1-19-7-2-3-10-8(6-7)12(17-16-10)15-13(18)11-9(14)4-5-20-11/h2-6H,1H3,(H2,15,16,17,18). The fourth-order valence-electron chi connectivity index (χ4n) is 1.84. The zero-order valence-electron chi connectivity index (χ0n) is 10.4. The van der Waals surface area contributed by atoms with Crippen molar-refractivity contribution in [1.82, 2.24) is 10.2 Å². The van der Waals surface area contributed by atoms with Crippen molar-refractivity contribution >= 4 is 45.6 Å². The van der Waals surface area contributed by atoms with Gasteiger partial charge in [-0.1, -0.05) is 11.6 Å². The zero-order chi connectivity index (χ0) is 14.1. The number of hydrogen-bond acceptors (Lipinski definition) is 4. The van der Waals surface area contributed by atoms with Crippen molar-refractivity contribution in [3.8, 4) is 5.75 Å². The van der Waals surface area contributed by atoms with E-state index in [4.69, 9.17) is 16.3 Å². The molecule has 20 heavy (non-hydrogen) atoms. The molecule has 2 N–H and O–H groups in total. The van der Waals surface area contributed by atoms with Crippen LogP contribution in [-0.2, 0) is 0 Å². The van der Waals surface area contributed by atoms with Gasteiger partial charge in [-0.15, -0.1) is 11.3 Å². The molecule has 0 spiro atoms. The molecule has 0 saturated heterocycles. The Hall–Kier alpha value is -2.05. The molecule has 1 amide bonds. The van der Waals surface area contributed by atoms with Crippen molar-refractivity contribution in [3.63, 3.8) is 0 Å². The van der Waals surface area contributed by atoms with E-state index in [9.17, 15) is 4.79 Å². The van der Waals surface area contributed by atoms with Crippen LogP contribution in [0.3, 0.4) is 0 Å². The molecular formula is C13H10ClN3O2S. The van der Waals surface area contributed by atoms with Crippen molar-refractivity contribution in [1.29, 1.82) is 0 Å². The van der Waals surface area contributed by atoms with Gasteiger partial charge < -0.3 is 10.1 Å². The van der Waals surface area contributed by atoms with E-state index in [0.29, 0.717) is 21.5 Å². The molecule has 0 aliphatic carbocycles. The molecule has 0 saturated carbocycles. The first-order valence-corrected chi connectivity index (χ1v) is 7.01. The van der Waals surface area contributed by atoms with E-state index in [0.717, 1.165) is 10.9 Å². The monoisotopic (exact) mass is 307 g/mol. The van der Waals surface area contributed by atoms with Gasteiger partial charge in [-0.3, -0.25) is 9.89 Å². The Morgan fingerprint density at radius 3 is 3.00 bits per heavy atom. The van der Waals surface area contributed by atoms with Gasteiger partial charge in [-0.2, -0.15) is 5.10 Å². The quantitative estimate of drug-likeness (QED) is 0.777. The van der Waals surface area contributed by atoms with Gasteiger partial charge in [0, 0.05) is 5.39 Å². The summed E-state index contributed by atoms with van der Waals surface area (Å²) in [6.45, 7) is 0. The van der Waals surface area contributed by atoms with Gasteiger partial charge in [0.2, 0.25) is 0 Å². The van der Waals surface area contributed by atoms with Gasteiger partial charge in [-0.25, -0.2) is 0 Å². The third-order valence-electron chi connectivity index (χ3n) is 2.83. The van der Waals surface area contributed by atoms with Crippen LogP contribution in [0, 0.1) is 0 Å². The SMILES string of the molecule is COc1ccc2[nH]nc(NC(=O)c3sccc3Cl)c2c1. The second-order valence-electron chi connectivity index (χ2n) is 4.04. The number of rotatable bonds is 3. The van der Waals surface area contributed by atoms with Gasteiger partial charge in [0.25, 0.3) is 5.91 Å². The molecule has 0 radical (unpaired) electrons. The highest BCUT2D eigenvalue weighted by atomic mass is 35.5. The lowest BCUT2D eigenvalue weighted by atomic mass is 10.2. The number of H-pyrrole nitrogens is 1. The van der Waals surface area contributed by atoms with Crippen LogP contribution in [0.4, 0.5) is 5.82 Å². The first kappa shape index (κ1) is 13.0. The highest BCUT2D eigenvalue weighted by molar-refractivity contribution is 7.12. The van der Waals surface area contributed by atoms with Gasteiger partial charge in [-0.05, 0) is 29.6 Å². The lowest BCUT2D eigenvalue weighted by molar-refractivity contribution is 0.103. The minimum Gasteiger partial charge on any atom is -0.497 e. The molecule has 1 aromatic carbocycles. The van der Waals surface area contributed by atoms with E-state index >= 15 is 0 Å². The Labute approximate surface area is 123 Å². The molecule has 5 nitrogen and oxygen atoms in total. The van der Waals surface area contributed by atoms with Gasteiger partial charge in [0.15, 0.2) is 5.82 Å². The van der Waals surface area contributed by atoms with Crippen LogP contribution in [0.2, 0.25) is 5.02 Å². The number of aromatic amines is 1. The second kappa shape index (κ2) is 5.15. The molecule has 0 unspecified atom stereocenters. The summed E-state index contributed by atoms with van der Waals surface area (Å²) in [6.07, 6.45) is 0. The maximum atomic E-state index is 12.1. The molecule has 2 heterocycles. The highest BCUT2D eigenvalue weighted by Gasteiger charge is 2.15. The molecule has 0 atom stereocenters. The number of fused-ring (bicyclic) bond motifs is 1. The number of ether oxygens (including phenoxy) is 1. The van der Waals surface area contributed by atoms with Crippen molar-refractivity contribution in [2.75, 3.05) is 12.4 Å². The number of amides is 1. The smallest absolute Gasteiger partial charge is 0.268 e. The number of nitrogens with one attached hydrogen (secondary N) is 2. The predicted octanol–water partition coefficient (Wildman–Crippen LogP) is 3.54. The van der Waals surface area contributed by atoms with Crippen molar-refractivity contribution < 1.29 is 9.53 Å². The summed E-state index contributed by atoms with van der Waals surface area (Å²) in [6, 6.07) is 7.16. The van der Waals surface area contributed by atoms with Crippen molar-refractivity contribution in [2.45, 2.75) is 0 Å². The molecule has 0 bridgehead atoms. The Morgan fingerprint density at radius 2 is 2.30 bits per heavy atom. The van der Waals surface area contributed by atoms with Crippen molar-refractivity contribution in [2.24, 2.45) is 0 Å². The molecule has 102 valence electrons. The van der Waals surface area contributed by atoms with Gasteiger partial charge >= 0.3 is 0 Å². The zero-order valence-corrected chi connectivity index (χ0v) is 12.0. The van der Waals surface area contributed by atoms with Gasteiger partial charge in [0.05, 0.1) is 17.6 Å². The first-order valence-electron chi connectivity index (χ1n) is 5.75. The summed E-state index contributed by atoms with van der Waals surface area (Å²) < 4.78 is 5.17. The average Bonchev–Trinajstić information content (AvgIpc) is 3.05. The number of halogens is 1. The third kappa shape index (κ3) is 2.23. The molecular weight excluding hydrogens is 298 g/mol. The molecule has 7 heteroatoms. The van der Waals surface area contributed by atoms with E-state index in [2.05, 4.69) is 15.5 Å². The number of carbonyl (C=O) groups is 1. The Kier molecular flexibility index (Phi) is 3.33. The Balaban J connectivity index is 1.95. The Bertz CT molecular complexity index is 781. The fraction of sp³-hybridized carbons (Fsp3) is 0.0769. The van der Waals surface area contributed by atoms with Crippen LogP contribution in [0.25, 0.3) is 10.9 Å². The van der Waals surface area contributed by atoms with E-state index in [-0.39, 0.29) is 5.91 Å². The number of carbonyl (C=O) groups excluding carboxylic acids is 1. The summed E-state index contributed by atoms with van der Waals surface area (Å²) in [7, 11) is 1.59. The molecule has 0 aliphatic heterocycles. The summed E-state index contributed by atoms with van der Waals surface area (Å²) in [5, 5.41) is 12.7. The van der Waals surface area contributed by atoms with E-state index < -0.39 is 0 Å². The van der Waals surface area contributed by atoms with Crippen LogP contribution in [0.1, 0.15) is 9.67 Å². The minimum absolute atomic E-state index is 0.277. The number of hydrogen-bond donors (Lipinski definition) is 2. The number of benzene rings is 1.